The number of methoxy groups -OCH3 is 1. The van der Waals surface area contributed by atoms with E-state index in [0.29, 0.717) is 31.6 Å². The molecule has 1 saturated heterocycles. The van der Waals surface area contributed by atoms with Crippen molar-refractivity contribution in [1.82, 2.24) is 20.0 Å². The lowest BCUT2D eigenvalue weighted by Gasteiger charge is -2.22. The number of aryl methyl sites for hydroxylation is 2. The van der Waals surface area contributed by atoms with Crippen molar-refractivity contribution in [2.75, 3.05) is 20.2 Å². The Morgan fingerprint density at radius 2 is 2.06 bits per heavy atom. The van der Waals surface area contributed by atoms with Gasteiger partial charge in [0.15, 0.2) is 0 Å². The zero-order valence-corrected chi connectivity index (χ0v) is 19.0. The third-order valence-corrected chi connectivity index (χ3v) is 5.78. The summed E-state index contributed by atoms with van der Waals surface area (Å²) in [5, 5.41) is 7.60. The van der Waals surface area contributed by atoms with Crippen LogP contribution in [-0.2, 0) is 16.1 Å². The molecule has 7 heteroatoms. The molecule has 1 amide bonds. The standard InChI is InChI=1S/C24H32N4O3/c1-6-16(2)13-27-15-21(12-22(27)24(30)31-5)25-23(29)20-9-7-8-19(11-20)14-28-18(4)10-17(3)26-28/h6-11,21-22H,12-15H2,1-5H3,(H,25,29)/b16-6+/t21-,22+/m1/s1. The van der Waals surface area contributed by atoms with Crippen LogP contribution in [0.25, 0.3) is 0 Å². The first kappa shape index (κ1) is 22.7. The van der Waals surface area contributed by atoms with Crippen LogP contribution in [-0.4, -0.2) is 58.8 Å². The van der Waals surface area contributed by atoms with Crippen LogP contribution in [0.2, 0.25) is 0 Å². The second-order valence-electron chi connectivity index (χ2n) is 8.29. The highest BCUT2D eigenvalue weighted by molar-refractivity contribution is 5.94. The highest BCUT2D eigenvalue weighted by Gasteiger charge is 2.38. The van der Waals surface area contributed by atoms with E-state index in [1.165, 1.54) is 12.7 Å². The summed E-state index contributed by atoms with van der Waals surface area (Å²) in [5.41, 5.74) is 4.87. The van der Waals surface area contributed by atoms with Gasteiger partial charge >= 0.3 is 5.97 Å². The van der Waals surface area contributed by atoms with Gasteiger partial charge in [0.2, 0.25) is 0 Å². The minimum Gasteiger partial charge on any atom is -0.468 e. The zero-order chi connectivity index (χ0) is 22.5. The molecule has 1 N–H and O–H groups in total. The lowest BCUT2D eigenvalue weighted by molar-refractivity contribution is -0.145. The molecule has 0 bridgehead atoms. The molecule has 0 radical (unpaired) electrons. The summed E-state index contributed by atoms with van der Waals surface area (Å²) in [4.78, 5) is 27.2. The lowest BCUT2D eigenvalue weighted by Crippen LogP contribution is -2.39. The molecule has 2 heterocycles. The third kappa shape index (κ3) is 5.61. The smallest absolute Gasteiger partial charge is 0.323 e. The van der Waals surface area contributed by atoms with Crippen molar-refractivity contribution in [2.24, 2.45) is 0 Å². The first-order valence-electron chi connectivity index (χ1n) is 10.6. The minimum absolute atomic E-state index is 0.110. The Morgan fingerprint density at radius 1 is 1.29 bits per heavy atom. The van der Waals surface area contributed by atoms with E-state index in [9.17, 15) is 9.59 Å². The lowest BCUT2D eigenvalue weighted by atomic mass is 10.1. The van der Waals surface area contributed by atoms with Crippen LogP contribution in [0.5, 0.6) is 0 Å². The Morgan fingerprint density at radius 3 is 2.71 bits per heavy atom. The van der Waals surface area contributed by atoms with E-state index < -0.39 is 0 Å². The second kappa shape index (κ2) is 9.92. The Balaban J connectivity index is 1.68. The molecule has 2 aromatic rings. The van der Waals surface area contributed by atoms with E-state index >= 15 is 0 Å². The van der Waals surface area contributed by atoms with Crippen molar-refractivity contribution in [3.8, 4) is 0 Å². The topological polar surface area (TPSA) is 76.5 Å². The number of hydrogen-bond acceptors (Lipinski definition) is 5. The number of ether oxygens (including phenoxy) is 1. The quantitative estimate of drug-likeness (QED) is 0.546. The zero-order valence-electron chi connectivity index (χ0n) is 19.0. The summed E-state index contributed by atoms with van der Waals surface area (Å²) >= 11 is 0. The normalized spacial score (nSPS) is 19.5. The number of esters is 1. The third-order valence-electron chi connectivity index (χ3n) is 5.78. The van der Waals surface area contributed by atoms with Crippen LogP contribution >= 0.6 is 0 Å². The van der Waals surface area contributed by atoms with Crippen molar-refractivity contribution < 1.29 is 14.3 Å². The number of benzene rings is 1. The van der Waals surface area contributed by atoms with Gasteiger partial charge in [-0.1, -0.05) is 23.8 Å². The van der Waals surface area contributed by atoms with Crippen LogP contribution in [0.4, 0.5) is 0 Å². The first-order valence-corrected chi connectivity index (χ1v) is 10.6. The van der Waals surface area contributed by atoms with Gasteiger partial charge in [-0.15, -0.1) is 0 Å². The summed E-state index contributed by atoms with van der Waals surface area (Å²) in [5.74, 6) is -0.388. The molecule has 0 saturated carbocycles. The molecule has 0 spiro atoms. The Kier molecular flexibility index (Phi) is 7.28. The largest absolute Gasteiger partial charge is 0.468 e. The van der Waals surface area contributed by atoms with Gasteiger partial charge in [0, 0.05) is 30.4 Å². The molecule has 0 unspecified atom stereocenters. The van der Waals surface area contributed by atoms with Crippen molar-refractivity contribution in [2.45, 2.75) is 52.7 Å². The van der Waals surface area contributed by atoms with E-state index in [-0.39, 0.29) is 24.0 Å². The van der Waals surface area contributed by atoms with Gasteiger partial charge in [0.05, 0.1) is 19.3 Å². The number of hydrogen-bond donors (Lipinski definition) is 1. The number of nitrogens with one attached hydrogen (secondary N) is 1. The van der Waals surface area contributed by atoms with Crippen LogP contribution in [0, 0.1) is 13.8 Å². The molecule has 1 aliphatic heterocycles. The maximum absolute atomic E-state index is 12.9. The van der Waals surface area contributed by atoms with Gasteiger partial charge in [-0.2, -0.15) is 5.10 Å². The number of rotatable bonds is 7. The summed E-state index contributed by atoms with van der Waals surface area (Å²) in [6, 6.07) is 9.19. The van der Waals surface area contributed by atoms with E-state index in [0.717, 1.165) is 17.0 Å². The molecule has 1 aliphatic rings. The summed E-state index contributed by atoms with van der Waals surface area (Å²) in [6.45, 7) is 9.92. The van der Waals surface area contributed by atoms with Gasteiger partial charge in [0.1, 0.15) is 6.04 Å². The molecule has 3 rings (SSSR count). The first-order chi connectivity index (χ1) is 14.8. The van der Waals surface area contributed by atoms with Gasteiger partial charge in [-0.05, 0) is 57.9 Å². The molecular weight excluding hydrogens is 392 g/mol. The van der Waals surface area contributed by atoms with Gasteiger partial charge in [-0.3, -0.25) is 19.2 Å². The molecule has 166 valence electrons. The van der Waals surface area contributed by atoms with Gasteiger partial charge in [-0.25, -0.2) is 0 Å². The van der Waals surface area contributed by atoms with Crippen LogP contribution in [0.3, 0.4) is 0 Å². The number of carbonyl (C=O) groups excluding carboxylic acids is 2. The maximum Gasteiger partial charge on any atom is 0.323 e. The van der Waals surface area contributed by atoms with Crippen molar-refractivity contribution in [1.29, 1.82) is 0 Å². The van der Waals surface area contributed by atoms with E-state index in [4.69, 9.17) is 4.74 Å². The van der Waals surface area contributed by atoms with E-state index in [1.807, 2.05) is 68.8 Å². The monoisotopic (exact) mass is 424 g/mol. The number of likely N-dealkylation sites (tertiary alicyclic amines) is 1. The predicted octanol–water partition coefficient (Wildman–Crippen LogP) is 2.86. The molecule has 2 atom stereocenters. The molecule has 0 aliphatic carbocycles. The fraction of sp³-hybridized carbons (Fsp3) is 0.458. The van der Waals surface area contributed by atoms with Gasteiger partial charge < -0.3 is 10.1 Å². The Labute approximate surface area is 184 Å². The maximum atomic E-state index is 12.9. The second-order valence-corrected chi connectivity index (χ2v) is 8.29. The fourth-order valence-electron chi connectivity index (χ4n) is 4.06. The van der Waals surface area contributed by atoms with Crippen LogP contribution in [0.1, 0.15) is 47.6 Å². The average molecular weight is 425 g/mol. The minimum atomic E-state index is -0.345. The molecule has 1 fully saturated rings. The number of nitrogens with zero attached hydrogens (tertiary/aromatic N) is 3. The highest BCUT2D eigenvalue weighted by atomic mass is 16.5. The predicted molar refractivity (Wildman–Crippen MR) is 120 cm³/mol. The molecule has 31 heavy (non-hydrogen) atoms. The van der Waals surface area contributed by atoms with E-state index in [2.05, 4.69) is 15.3 Å². The molecule has 1 aromatic carbocycles. The fourth-order valence-corrected chi connectivity index (χ4v) is 4.06. The van der Waals surface area contributed by atoms with Crippen LogP contribution in [0.15, 0.2) is 42.0 Å². The van der Waals surface area contributed by atoms with Crippen LogP contribution < -0.4 is 5.32 Å². The highest BCUT2D eigenvalue weighted by Crippen LogP contribution is 2.21. The van der Waals surface area contributed by atoms with Gasteiger partial charge in [0.25, 0.3) is 5.91 Å². The molecule has 1 aromatic heterocycles. The molecular formula is C24H32N4O3. The summed E-state index contributed by atoms with van der Waals surface area (Å²) < 4.78 is 6.92. The summed E-state index contributed by atoms with van der Waals surface area (Å²) in [7, 11) is 1.41. The van der Waals surface area contributed by atoms with E-state index in [1.54, 1.807) is 0 Å². The average Bonchev–Trinajstić information content (AvgIpc) is 3.28. The van der Waals surface area contributed by atoms with Crippen molar-refractivity contribution in [3.63, 3.8) is 0 Å². The van der Waals surface area contributed by atoms with Crippen molar-refractivity contribution in [3.05, 3.63) is 64.5 Å². The number of allylic oxidation sites excluding steroid dienone is 1. The van der Waals surface area contributed by atoms with Crippen molar-refractivity contribution >= 4 is 11.9 Å². The Hall–Kier alpha value is -2.93. The Bertz CT molecular complexity index is 979. The number of amides is 1. The SMILES string of the molecule is C/C=C(\C)CN1C[C@H](NC(=O)c2cccc(Cn3nc(C)cc3C)c2)C[C@H]1C(=O)OC. The number of carbonyl (C=O) groups is 2. The summed E-state index contributed by atoms with van der Waals surface area (Å²) in [6.07, 6.45) is 2.58. The number of aromatic nitrogens is 2. The molecule has 7 nitrogen and oxygen atoms in total.